The third-order valence-electron chi connectivity index (χ3n) is 3.38. The number of aromatic nitrogens is 2. The van der Waals surface area contributed by atoms with Crippen molar-refractivity contribution in [1.29, 1.82) is 0 Å². The zero-order chi connectivity index (χ0) is 15.9. The lowest BCUT2D eigenvalue weighted by Gasteiger charge is -2.14. The maximum Gasteiger partial charge on any atom is 0.0595 e. The number of hydrogen-bond acceptors (Lipinski definition) is 3. The van der Waals surface area contributed by atoms with Gasteiger partial charge in [-0.05, 0) is 30.2 Å². The topological polar surface area (TPSA) is 39.1 Å². The lowest BCUT2D eigenvalue weighted by Crippen LogP contribution is -2.21. The predicted octanol–water partition coefficient (Wildman–Crippen LogP) is 3.43. The monoisotopic (exact) mass is 341 g/mol. The van der Waals surface area contributed by atoms with E-state index in [1.807, 2.05) is 44.6 Å². The highest BCUT2D eigenvalue weighted by molar-refractivity contribution is 6.42. The number of aryl methyl sites for hydroxylation is 2. The van der Waals surface area contributed by atoms with Gasteiger partial charge in [0.05, 0.1) is 29.5 Å². The summed E-state index contributed by atoms with van der Waals surface area (Å²) in [6.45, 7) is 5.38. The zero-order valence-electron chi connectivity index (χ0n) is 12.9. The Balaban J connectivity index is 0.000000211. The van der Waals surface area contributed by atoms with Gasteiger partial charge in [0.15, 0.2) is 0 Å². The molecular weight excluding hydrogens is 321 g/mol. The maximum atomic E-state index is 5.98. The molecule has 120 valence electrons. The van der Waals surface area contributed by atoms with Crippen LogP contribution in [0.5, 0.6) is 0 Å². The van der Waals surface area contributed by atoms with E-state index in [4.69, 9.17) is 27.9 Å². The Labute approximate surface area is 141 Å². The molecular formula is C16H21Cl2N3O. The normalized spacial score (nSPS) is 18.3. The van der Waals surface area contributed by atoms with Crippen LogP contribution in [0.3, 0.4) is 0 Å². The van der Waals surface area contributed by atoms with Crippen LogP contribution in [-0.4, -0.2) is 36.1 Å². The van der Waals surface area contributed by atoms with Crippen LogP contribution >= 0.6 is 23.2 Å². The van der Waals surface area contributed by atoms with Crippen molar-refractivity contribution in [1.82, 2.24) is 15.1 Å². The highest BCUT2D eigenvalue weighted by Gasteiger charge is 2.15. The highest BCUT2D eigenvalue weighted by atomic mass is 35.5. The van der Waals surface area contributed by atoms with E-state index >= 15 is 0 Å². The Bertz CT molecular complexity index is 576. The van der Waals surface area contributed by atoms with Crippen molar-refractivity contribution in [2.24, 2.45) is 7.05 Å². The Morgan fingerprint density at radius 2 is 2.14 bits per heavy atom. The molecule has 2 heterocycles. The van der Waals surface area contributed by atoms with Gasteiger partial charge in [0.1, 0.15) is 0 Å². The smallest absolute Gasteiger partial charge is 0.0595 e. The van der Waals surface area contributed by atoms with Gasteiger partial charge in [0.2, 0.25) is 0 Å². The van der Waals surface area contributed by atoms with E-state index in [0.29, 0.717) is 16.0 Å². The van der Waals surface area contributed by atoms with Crippen molar-refractivity contribution in [3.05, 3.63) is 51.8 Å². The second-order valence-corrected chi connectivity index (χ2v) is 6.16. The second-order valence-electron chi connectivity index (χ2n) is 5.34. The summed E-state index contributed by atoms with van der Waals surface area (Å²) in [4.78, 5) is 0. The van der Waals surface area contributed by atoms with Crippen LogP contribution in [0.2, 0.25) is 10.0 Å². The summed E-state index contributed by atoms with van der Waals surface area (Å²) in [5.74, 6) is 0.363. The Morgan fingerprint density at radius 3 is 2.73 bits per heavy atom. The molecule has 0 aliphatic carbocycles. The average Bonchev–Trinajstić information content (AvgIpc) is 2.74. The molecule has 0 amide bonds. The molecule has 0 radical (unpaired) electrons. The van der Waals surface area contributed by atoms with E-state index in [1.165, 1.54) is 11.1 Å². The molecule has 1 unspecified atom stereocenters. The highest BCUT2D eigenvalue weighted by Crippen LogP contribution is 2.26. The molecule has 4 nitrogen and oxygen atoms in total. The van der Waals surface area contributed by atoms with Gasteiger partial charge in [-0.25, -0.2) is 0 Å². The number of nitrogens with zero attached hydrogens (tertiary/aromatic N) is 2. The van der Waals surface area contributed by atoms with E-state index in [9.17, 15) is 0 Å². The first-order chi connectivity index (χ1) is 10.6. The predicted molar refractivity (Wildman–Crippen MR) is 90.8 cm³/mol. The van der Waals surface area contributed by atoms with E-state index in [1.54, 1.807) is 4.68 Å². The van der Waals surface area contributed by atoms with Gasteiger partial charge in [-0.1, -0.05) is 29.3 Å². The lowest BCUT2D eigenvalue weighted by molar-refractivity contribution is 0.141. The molecule has 1 fully saturated rings. The van der Waals surface area contributed by atoms with Crippen LogP contribution in [0.15, 0.2) is 30.6 Å². The number of benzene rings is 1. The van der Waals surface area contributed by atoms with E-state index in [0.717, 1.165) is 26.3 Å². The number of hydrogen-bond donors (Lipinski definition) is 1. The molecule has 3 rings (SSSR count). The molecule has 22 heavy (non-hydrogen) atoms. The standard InChI is InChI=1S/C11H13Cl2NO.C5H8N2/c12-10-2-1-8(5-11(10)13)9-6-14-3-4-15-7-9;1-5-3-6-7(2)4-5/h1-2,5,9,14H,3-4,6-7H2;3-4H,1-2H3. The molecule has 1 saturated heterocycles. The SMILES string of the molecule is Cc1cnn(C)c1.Clc1ccc(C2CNCCOC2)cc1Cl. The fourth-order valence-corrected chi connectivity index (χ4v) is 2.54. The Kier molecular flexibility index (Phi) is 6.70. The van der Waals surface area contributed by atoms with Crippen molar-refractivity contribution in [2.75, 3.05) is 26.3 Å². The Morgan fingerprint density at radius 1 is 1.32 bits per heavy atom. The molecule has 1 aromatic carbocycles. The molecule has 1 aliphatic rings. The average molecular weight is 342 g/mol. The van der Waals surface area contributed by atoms with Gasteiger partial charge in [0, 0.05) is 32.3 Å². The quantitative estimate of drug-likeness (QED) is 0.863. The first kappa shape index (κ1) is 17.3. The number of rotatable bonds is 1. The molecule has 2 aromatic rings. The van der Waals surface area contributed by atoms with Crippen molar-refractivity contribution in [2.45, 2.75) is 12.8 Å². The summed E-state index contributed by atoms with van der Waals surface area (Å²) in [6, 6.07) is 5.77. The van der Waals surface area contributed by atoms with Crippen LogP contribution in [0.4, 0.5) is 0 Å². The summed E-state index contributed by atoms with van der Waals surface area (Å²) in [7, 11) is 1.91. The van der Waals surface area contributed by atoms with Gasteiger partial charge >= 0.3 is 0 Å². The minimum Gasteiger partial charge on any atom is -0.379 e. The Hall–Kier alpha value is -1.07. The summed E-state index contributed by atoms with van der Waals surface area (Å²) in [6.07, 6.45) is 3.81. The largest absolute Gasteiger partial charge is 0.379 e. The maximum absolute atomic E-state index is 5.98. The van der Waals surface area contributed by atoms with E-state index < -0.39 is 0 Å². The molecule has 6 heteroatoms. The van der Waals surface area contributed by atoms with Crippen molar-refractivity contribution >= 4 is 23.2 Å². The van der Waals surface area contributed by atoms with Gasteiger partial charge < -0.3 is 10.1 Å². The fourth-order valence-electron chi connectivity index (χ4n) is 2.23. The van der Waals surface area contributed by atoms with Gasteiger partial charge in [-0.15, -0.1) is 0 Å². The summed E-state index contributed by atoms with van der Waals surface area (Å²) in [5, 5.41) is 8.47. The molecule has 1 atom stereocenters. The minimum atomic E-state index is 0.363. The van der Waals surface area contributed by atoms with Crippen LogP contribution in [0.1, 0.15) is 17.0 Å². The molecule has 0 spiro atoms. The van der Waals surface area contributed by atoms with E-state index in [2.05, 4.69) is 10.4 Å². The van der Waals surface area contributed by atoms with Gasteiger partial charge in [0.25, 0.3) is 0 Å². The van der Waals surface area contributed by atoms with Crippen molar-refractivity contribution < 1.29 is 4.74 Å². The second kappa shape index (κ2) is 8.53. The summed E-state index contributed by atoms with van der Waals surface area (Å²) < 4.78 is 7.28. The van der Waals surface area contributed by atoms with Crippen LogP contribution < -0.4 is 5.32 Å². The summed E-state index contributed by atoms with van der Waals surface area (Å²) >= 11 is 11.9. The minimum absolute atomic E-state index is 0.363. The van der Waals surface area contributed by atoms with Crippen LogP contribution in [0, 0.1) is 6.92 Å². The number of ether oxygens (including phenoxy) is 1. The third kappa shape index (κ3) is 5.29. The fraction of sp³-hybridized carbons (Fsp3) is 0.438. The molecule has 1 N–H and O–H groups in total. The number of halogens is 2. The van der Waals surface area contributed by atoms with Crippen molar-refractivity contribution in [3.8, 4) is 0 Å². The molecule has 1 aromatic heterocycles. The van der Waals surface area contributed by atoms with Crippen molar-refractivity contribution in [3.63, 3.8) is 0 Å². The third-order valence-corrected chi connectivity index (χ3v) is 4.12. The lowest BCUT2D eigenvalue weighted by atomic mass is 10.0. The molecule has 0 saturated carbocycles. The van der Waals surface area contributed by atoms with Crippen LogP contribution in [-0.2, 0) is 11.8 Å². The van der Waals surface area contributed by atoms with Gasteiger partial charge in [-0.2, -0.15) is 5.10 Å². The van der Waals surface area contributed by atoms with Gasteiger partial charge in [-0.3, -0.25) is 4.68 Å². The van der Waals surface area contributed by atoms with Crippen LogP contribution in [0.25, 0.3) is 0 Å². The first-order valence-corrected chi connectivity index (χ1v) is 8.00. The summed E-state index contributed by atoms with van der Waals surface area (Å²) in [5.41, 5.74) is 2.39. The van der Waals surface area contributed by atoms with E-state index in [-0.39, 0.29) is 0 Å². The zero-order valence-corrected chi connectivity index (χ0v) is 14.4. The number of nitrogens with one attached hydrogen (secondary N) is 1. The molecule has 1 aliphatic heterocycles. The molecule has 0 bridgehead atoms. The first-order valence-electron chi connectivity index (χ1n) is 7.25.